The molecule has 0 radical (unpaired) electrons. The molecule has 0 N–H and O–H groups in total. The molecule has 4 nitrogen and oxygen atoms in total. The van der Waals surface area contributed by atoms with Crippen molar-refractivity contribution in [3.05, 3.63) is 127 Å². The van der Waals surface area contributed by atoms with Gasteiger partial charge >= 0.3 is 0 Å². The van der Waals surface area contributed by atoms with Gasteiger partial charge in [-0.2, -0.15) is 0 Å². The molecule has 0 saturated carbocycles. The second-order valence-electron chi connectivity index (χ2n) is 9.64. The second-order valence-corrected chi connectivity index (χ2v) is 9.64. The van der Waals surface area contributed by atoms with Gasteiger partial charge in [-0.3, -0.25) is 0 Å². The normalized spacial score (nSPS) is 11.6. The van der Waals surface area contributed by atoms with Gasteiger partial charge in [0.2, 0.25) is 0 Å². The Labute approximate surface area is 224 Å². The minimum atomic E-state index is 0.584. The first kappa shape index (κ1) is 21.7. The molecule has 0 saturated heterocycles. The lowest BCUT2D eigenvalue weighted by molar-refractivity contribution is 0.669. The van der Waals surface area contributed by atoms with Gasteiger partial charge in [-0.1, -0.05) is 115 Å². The SMILES string of the molecule is c1ccc(-c2nc(-c3cccc4c3oc3ccccc34)nc(-c3cccc4ccc5ccccc5c34)n2)cc1. The standard InChI is InChI=1S/C35H21N3O/c1-2-11-24(12-3-1)33-36-34(28-17-8-13-23-21-20-22-10-4-5-14-25(22)31(23)28)38-35(37-33)29-18-9-16-27-26-15-6-7-19-30(26)39-32(27)29/h1-21H. The Hall–Kier alpha value is -5.35. The zero-order valence-electron chi connectivity index (χ0n) is 20.9. The summed E-state index contributed by atoms with van der Waals surface area (Å²) < 4.78 is 6.36. The van der Waals surface area contributed by atoms with Crippen LogP contribution in [0, 0.1) is 0 Å². The fourth-order valence-electron chi connectivity index (χ4n) is 5.50. The van der Waals surface area contributed by atoms with E-state index in [4.69, 9.17) is 19.4 Å². The van der Waals surface area contributed by atoms with E-state index in [9.17, 15) is 0 Å². The molecule has 4 heteroatoms. The van der Waals surface area contributed by atoms with Crippen molar-refractivity contribution >= 4 is 43.5 Å². The lowest BCUT2D eigenvalue weighted by atomic mass is 9.97. The Bertz CT molecular complexity index is 2180. The minimum absolute atomic E-state index is 0.584. The van der Waals surface area contributed by atoms with E-state index in [-0.39, 0.29) is 0 Å². The summed E-state index contributed by atoms with van der Waals surface area (Å²) in [7, 11) is 0. The fourth-order valence-corrected chi connectivity index (χ4v) is 5.50. The highest BCUT2D eigenvalue weighted by atomic mass is 16.3. The Morgan fingerprint density at radius 2 is 1.03 bits per heavy atom. The minimum Gasteiger partial charge on any atom is -0.455 e. The Balaban J connectivity index is 1.45. The van der Waals surface area contributed by atoms with Crippen LogP contribution in [-0.2, 0) is 0 Å². The number of rotatable bonds is 3. The Kier molecular flexibility index (Phi) is 4.79. The smallest absolute Gasteiger partial charge is 0.167 e. The summed E-state index contributed by atoms with van der Waals surface area (Å²) in [5.41, 5.74) is 4.37. The van der Waals surface area contributed by atoms with Crippen LogP contribution >= 0.6 is 0 Å². The molecule has 0 atom stereocenters. The van der Waals surface area contributed by atoms with E-state index in [1.54, 1.807) is 0 Å². The third-order valence-corrected chi connectivity index (χ3v) is 7.32. The predicted octanol–water partition coefficient (Wildman–Crippen LogP) is 9.08. The van der Waals surface area contributed by atoms with E-state index < -0.39 is 0 Å². The van der Waals surface area contributed by atoms with Crippen molar-refractivity contribution in [2.75, 3.05) is 0 Å². The molecule has 0 amide bonds. The molecule has 182 valence electrons. The molecule has 2 aromatic heterocycles. The molecule has 39 heavy (non-hydrogen) atoms. The highest BCUT2D eigenvalue weighted by Crippen LogP contribution is 2.37. The van der Waals surface area contributed by atoms with E-state index >= 15 is 0 Å². The lowest BCUT2D eigenvalue weighted by Crippen LogP contribution is -2.01. The average molecular weight is 500 g/mol. The van der Waals surface area contributed by atoms with Gasteiger partial charge in [-0.25, -0.2) is 15.0 Å². The van der Waals surface area contributed by atoms with Gasteiger partial charge in [-0.05, 0) is 28.3 Å². The molecule has 0 aliphatic heterocycles. The first-order valence-electron chi connectivity index (χ1n) is 13.0. The number of furan rings is 1. The van der Waals surface area contributed by atoms with E-state index in [2.05, 4.69) is 66.7 Å². The first-order chi connectivity index (χ1) is 19.3. The summed E-state index contributed by atoms with van der Waals surface area (Å²) in [4.78, 5) is 15.1. The zero-order valence-corrected chi connectivity index (χ0v) is 20.9. The van der Waals surface area contributed by atoms with Gasteiger partial charge in [0, 0.05) is 27.3 Å². The van der Waals surface area contributed by atoms with E-state index in [0.29, 0.717) is 17.5 Å². The molecule has 0 bridgehead atoms. The van der Waals surface area contributed by atoms with Crippen molar-refractivity contribution in [1.82, 2.24) is 15.0 Å². The summed E-state index contributed by atoms with van der Waals surface area (Å²) in [6.07, 6.45) is 0. The van der Waals surface area contributed by atoms with Crippen LogP contribution in [0.3, 0.4) is 0 Å². The number of para-hydroxylation sites is 2. The molecule has 6 aromatic carbocycles. The van der Waals surface area contributed by atoms with Gasteiger partial charge in [-0.15, -0.1) is 0 Å². The molecule has 2 heterocycles. The molecular formula is C35H21N3O. The first-order valence-corrected chi connectivity index (χ1v) is 13.0. The monoisotopic (exact) mass is 499 g/mol. The van der Waals surface area contributed by atoms with Crippen LogP contribution in [0.25, 0.3) is 77.6 Å². The molecular weight excluding hydrogens is 478 g/mol. The van der Waals surface area contributed by atoms with E-state index in [0.717, 1.165) is 49.4 Å². The topological polar surface area (TPSA) is 51.8 Å². The molecule has 0 spiro atoms. The molecule has 0 fully saturated rings. The third-order valence-electron chi connectivity index (χ3n) is 7.32. The van der Waals surface area contributed by atoms with Gasteiger partial charge in [0.1, 0.15) is 11.2 Å². The van der Waals surface area contributed by atoms with Crippen molar-refractivity contribution in [1.29, 1.82) is 0 Å². The summed E-state index contributed by atoms with van der Waals surface area (Å²) >= 11 is 0. The summed E-state index contributed by atoms with van der Waals surface area (Å²) in [6.45, 7) is 0. The molecule has 0 unspecified atom stereocenters. The third kappa shape index (κ3) is 3.50. The van der Waals surface area contributed by atoms with Crippen molar-refractivity contribution in [3.8, 4) is 34.2 Å². The largest absolute Gasteiger partial charge is 0.455 e. The number of hydrogen-bond acceptors (Lipinski definition) is 4. The maximum atomic E-state index is 6.36. The maximum Gasteiger partial charge on any atom is 0.167 e. The number of fused-ring (bicyclic) bond motifs is 6. The number of hydrogen-bond donors (Lipinski definition) is 0. The quantitative estimate of drug-likeness (QED) is 0.228. The average Bonchev–Trinajstić information content (AvgIpc) is 3.40. The molecule has 8 rings (SSSR count). The Morgan fingerprint density at radius 1 is 0.410 bits per heavy atom. The lowest BCUT2D eigenvalue weighted by Gasteiger charge is -2.12. The molecule has 8 aromatic rings. The fraction of sp³-hybridized carbons (Fsp3) is 0. The van der Waals surface area contributed by atoms with Crippen molar-refractivity contribution in [2.24, 2.45) is 0 Å². The Morgan fingerprint density at radius 3 is 1.92 bits per heavy atom. The van der Waals surface area contributed by atoms with Gasteiger partial charge in [0.05, 0.1) is 5.56 Å². The van der Waals surface area contributed by atoms with Crippen LogP contribution in [0.15, 0.2) is 132 Å². The maximum absolute atomic E-state index is 6.36. The van der Waals surface area contributed by atoms with Crippen LogP contribution in [0.1, 0.15) is 0 Å². The van der Waals surface area contributed by atoms with Crippen LogP contribution in [0.2, 0.25) is 0 Å². The number of aromatic nitrogens is 3. The van der Waals surface area contributed by atoms with Crippen molar-refractivity contribution in [3.63, 3.8) is 0 Å². The highest BCUT2D eigenvalue weighted by Gasteiger charge is 2.18. The van der Waals surface area contributed by atoms with Gasteiger partial charge in [0.15, 0.2) is 17.5 Å². The van der Waals surface area contributed by atoms with E-state index in [1.165, 1.54) is 10.8 Å². The molecule has 0 aliphatic carbocycles. The van der Waals surface area contributed by atoms with E-state index in [1.807, 2.05) is 60.7 Å². The van der Waals surface area contributed by atoms with Crippen LogP contribution in [-0.4, -0.2) is 15.0 Å². The zero-order chi connectivity index (χ0) is 25.8. The van der Waals surface area contributed by atoms with Crippen molar-refractivity contribution in [2.45, 2.75) is 0 Å². The number of benzene rings is 6. The highest BCUT2D eigenvalue weighted by molar-refractivity contribution is 6.14. The number of nitrogens with zero attached hydrogens (tertiary/aromatic N) is 3. The van der Waals surface area contributed by atoms with Crippen LogP contribution in [0.4, 0.5) is 0 Å². The predicted molar refractivity (Wildman–Crippen MR) is 158 cm³/mol. The van der Waals surface area contributed by atoms with Crippen LogP contribution < -0.4 is 0 Å². The summed E-state index contributed by atoms with van der Waals surface area (Å²) in [6, 6.07) is 43.4. The van der Waals surface area contributed by atoms with Gasteiger partial charge in [0.25, 0.3) is 0 Å². The van der Waals surface area contributed by atoms with Crippen molar-refractivity contribution < 1.29 is 4.42 Å². The summed E-state index contributed by atoms with van der Waals surface area (Å²) in [5.74, 6) is 1.84. The second kappa shape index (κ2) is 8.61. The van der Waals surface area contributed by atoms with Gasteiger partial charge < -0.3 is 4.42 Å². The molecule has 0 aliphatic rings. The van der Waals surface area contributed by atoms with Crippen LogP contribution in [0.5, 0.6) is 0 Å². The summed E-state index contributed by atoms with van der Waals surface area (Å²) in [5, 5.41) is 6.76.